The number of carbonyl (C=O) groups is 1. The standard InChI is InChI=1S/C9H8F3NO2S/c10-9(11,12)16-6-3-1-5(2-4-6)7(13)8(14)15/h1-4,7H,13H2,(H,14,15). The summed E-state index contributed by atoms with van der Waals surface area (Å²) in [7, 11) is 0. The first-order valence-electron chi connectivity index (χ1n) is 4.13. The van der Waals surface area contributed by atoms with E-state index in [2.05, 4.69) is 0 Å². The average Bonchev–Trinajstić information content (AvgIpc) is 2.15. The number of hydrogen-bond donors (Lipinski definition) is 2. The summed E-state index contributed by atoms with van der Waals surface area (Å²) in [5, 5.41) is 8.58. The maximum atomic E-state index is 12.0. The van der Waals surface area contributed by atoms with Crippen LogP contribution >= 0.6 is 11.8 Å². The van der Waals surface area contributed by atoms with Crippen molar-refractivity contribution >= 4 is 17.7 Å². The van der Waals surface area contributed by atoms with E-state index in [4.69, 9.17) is 10.8 Å². The zero-order valence-electron chi connectivity index (χ0n) is 7.86. The predicted octanol–water partition coefficient (Wildman–Crippen LogP) is 2.38. The molecule has 1 aromatic rings. The lowest BCUT2D eigenvalue weighted by molar-refractivity contribution is -0.138. The van der Waals surface area contributed by atoms with Gasteiger partial charge in [0.15, 0.2) is 0 Å². The van der Waals surface area contributed by atoms with Crippen molar-refractivity contribution < 1.29 is 23.1 Å². The van der Waals surface area contributed by atoms with Crippen LogP contribution in [0.25, 0.3) is 0 Å². The van der Waals surface area contributed by atoms with Crippen molar-refractivity contribution in [3.8, 4) is 0 Å². The molecule has 3 N–H and O–H groups in total. The van der Waals surface area contributed by atoms with E-state index < -0.39 is 17.5 Å². The number of thioether (sulfide) groups is 1. The van der Waals surface area contributed by atoms with Crippen LogP contribution in [-0.4, -0.2) is 16.6 Å². The minimum absolute atomic E-state index is 0.00570. The third-order valence-electron chi connectivity index (χ3n) is 1.74. The van der Waals surface area contributed by atoms with E-state index in [-0.39, 0.29) is 22.2 Å². The molecule has 0 aliphatic heterocycles. The van der Waals surface area contributed by atoms with Gasteiger partial charge in [-0.1, -0.05) is 12.1 Å². The second-order valence-corrected chi connectivity index (χ2v) is 4.07. The van der Waals surface area contributed by atoms with Crippen LogP contribution in [0.2, 0.25) is 0 Å². The molecular weight excluding hydrogens is 243 g/mol. The topological polar surface area (TPSA) is 63.3 Å². The zero-order valence-corrected chi connectivity index (χ0v) is 8.68. The molecule has 0 aromatic heterocycles. The van der Waals surface area contributed by atoms with Gasteiger partial charge >= 0.3 is 11.5 Å². The van der Waals surface area contributed by atoms with Gasteiger partial charge in [0, 0.05) is 4.90 Å². The van der Waals surface area contributed by atoms with Gasteiger partial charge in [0.05, 0.1) is 0 Å². The molecule has 0 amide bonds. The van der Waals surface area contributed by atoms with E-state index in [0.29, 0.717) is 0 Å². The van der Waals surface area contributed by atoms with Crippen molar-refractivity contribution in [2.45, 2.75) is 16.4 Å². The van der Waals surface area contributed by atoms with Crippen LogP contribution in [0, 0.1) is 0 Å². The zero-order chi connectivity index (χ0) is 12.3. The molecule has 0 fully saturated rings. The Balaban J connectivity index is 2.79. The van der Waals surface area contributed by atoms with Gasteiger partial charge in [0.25, 0.3) is 0 Å². The van der Waals surface area contributed by atoms with Crippen molar-refractivity contribution in [1.82, 2.24) is 0 Å². The van der Waals surface area contributed by atoms with Crippen molar-refractivity contribution in [3.05, 3.63) is 29.8 Å². The summed E-state index contributed by atoms with van der Waals surface area (Å²) in [4.78, 5) is 10.5. The summed E-state index contributed by atoms with van der Waals surface area (Å²) in [6.07, 6.45) is 0. The van der Waals surface area contributed by atoms with Gasteiger partial charge in [-0.25, -0.2) is 0 Å². The lowest BCUT2D eigenvalue weighted by atomic mass is 10.1. The molecule has 0 saturated carbocycles. The van der Waals surface area contributed by atoms with Crippen molar-refractivity contribution in [3.63, 3.8) is 0 Å². The number of halogens is 3. The Bertz CT molecular complexity index is 377. The normalized spacial score (nSPS) is 13.5. The van der Waals surface area contributed by atoms with E-state index in [1.807, 2.05) is 0 Å². The number of rotatable bonds is 3. The second kappa shape index (κ2) is 4.75. The van der Waals surface area contributed by atoms with Crippen molar-refractivity contribution in [2.24, 2.45) is 5.73 Å². The summed E-state index contributed by atoms with van der Waals surface area (Å²) in [5.41, 5.74) is 1.20. The maximum absolute atomic E-state index is 12.0. The first-order chi connectivity index (χ1) is 7.29. The molecule has 3 nitrogen and oxygen atoms in total. The number of carboxylic acids is 1. The summed E-state index contributed by atoms with van der Waals surface area (Å²) in [6, 6.07) is 3.71. The number of alkyl halides is 3. The van der Waals surface area contributed by atoms with Gasteiger partial charge < -0.3 is 10.8 Å². The summed E-state index contributed by atoms with van der Waals surface area (Å²) in [6.45, 7) is 0. The van der Waals surface area contributed by atoms with Gasteiger partial charge in [-0.3, -0.25) is 4.79 Å². The molecule has 88 valence electrons. The summed E-state index contributed by atoms with van der Waals surface area (Å²) >= 11 is -0.259. The van der Waals surface area contributed by atoms with Gasteiger partial charge in [-0.15, -0.1) is 0 Å². The smallest absolute Gasteiger partial charge is 0.446 e. The number of hydrogen-bond acceptors (Lipinski definition) is 3. The molecule has 0 spiro atoms. The first-order valence-corrected chi connectivity index (χ1v) is 4.95. The second-order valence-electron chi connectivity index (χ2n) is 2.93. The number of aliphatic carboxylic acids is 1. The molecule has 1 atom stereocenters. The lowest BCUT2D eigenvalue weighted by Gasteiger charge is -2.08. The van der Waals surface area contributed by atoms with Gasteiger partial charge in [-0.05, 0) is 29.5 Å². The molecule has 0 saturated heterocycles. The van der Waals surface area contributed by atoms with Crippen molar-refractivity contribution in [1.29, 1.82) is 0 Å². The van der Waals surface area contributed by atoms with Crippen LogP contribution in [0.5, 0.6) is 0 Å². The molecule has 16 heavy (non-hydrogen) atoms. The van der Waals surface area contributed by atoms with Gasteiger partial charge in [0.2, 0.25) is 0 Å². The van der Waals surface area contributed by atoms with E-state index >= 15 is 0 Å². The Kier molecular flexibility index (Phi) is 3.82. The largest absolute Gasteiger partial charge is 0.480 e. The van der Waals surface area contributed by atoms with E-state index in [1.54, 1.807) is 0 Å². The lowest BCUT2D eigenvalue weighted by Crippen LogP contribution is -2.20. The predicted molar refractivity (Wildman–Crippen MR) is 52.9 cm³/mol. The molecule has 1 rings (SSSR count). The minimum Gasteiger partial charge on any atom is -0.480 e. The Morgan fingerprint density at radius 2 is 1.81 bits per heavy atom. The van der Waals surface area contributed by atoms with E-state index in [1.165, 1.54) is 24.3 Å². The Morgan fingerprint density at radius 1 is 1.31 bits per heavy atom. The average molecular weight is 251 g/mol. The quantitative estimate of drug-likeness (QED) is 0.809. The van der Waals surface area contributed by atoms with E-state index in [0.717, 1.165) is 0 Å². The molecule has 0 aliphatic rings. The Hall–Kier alpha value is -1.21. The van der Waals surface area contributed by atoms with Gasteiger partial charge in [-0.2, -0.15) is 13.2 Å². The highest BCUT2D eigenvalue weighted by atomic mass is 32.2. The number of benzene rings is 1. The highest BCUT2D eigenvalue weighted by Gasteiger charge is 2.29. The SMILES string of the molecule is NC(C(=O)O)c1ccc(SC(F)(F)F)cc1. The van der Waals surface area contributed by atoms with Crippen LogP contribution in [0.4, 0.5) is 13.2 Å². The Morgan fingerprint density at radius 3 is 2.19 bits per heavy atom. The molecule has 0 aliphatic carbocycles. The highest BCUT2D eigenvalue weighted by Crippen LogP contribution is 2.36. The number of carboxylic acid groups (broad SMARTS) is 1. The highest BCUT2D eigenvalue weighted by molar-refractivity contribution is 8.00. The fourth-order valence-corrected chi connectivity index (χ4v) is 1.56. The fraction of sp³-hybridized carbons (Fsp3) is 0.222. The monoisotopic (exact) mass is 251 g/mol. The first kappa shape index (κ1) is 12.9. The summed E-state index contributed by atoms with van der Waals surface area (Å²) < 4.78 is 35.9. The minimum atomic E-state index is -4.35. The van der Waals surface area contributed by atoms with Crippen LogP contribution in [0.3, 0.4) is 0 Å². The fourth-order valence-electron chi connectivity index (χ4n) is 1.02. The molecule has 1 unspecified atom stereocenters. The molecule has 0 heterocycles. The van der Waals surface area contributed by atoms with E-state index in [9.17, 15) is 18.0 Å². The van der Waals surface area contributed by atoms with Crippen LogP contribution in [0.1, 0.15) is 11.6 Å². The third-order valence-corrected chi connectivity index (χ3v) is 2.48. The van der Waals surface area contributed by atoms with Crippen molar-refractivity contribution in [2.75, 3.05) is 0 Å². The molecule has 7 heteroatoms. The van der Waals surface area contributed by atoms with Gasteiger partial charge in [0.1, 0.15) is 6.04 Å². The Labute approximate surface area is 93.4 Å². The number of nitrogens with two attached hydrogens (primary N) is 1. The summed E-state index contributed by atoms with van der Waals surface area (Å²) in [5.74, 6) is -1.23. The molecule has 0 radical (unpaired) electrons. The molecular formula is C9H8F3NO2S. The maximum Gasteiger partial charge on any atom is 0.446 e. The van der Waals surface area contributed by atoms with Crippen LogP contribution < -0.4 is 5.73 Å². The third kappa shape index (κ3) is 3.74. The molecule has 0 bridgehead atoms. The molecule has 1 aromatic carbocycles. The van der Waals surface area contributed by atoms with Crippen LogP contribution in [0.15, 0.2) is 29.2 Å². The van der Waals surface area contributed by atoms with Crippen LogP contribution in [-0.2, 0) is 4.79 Å².